The fourth-order valence-electron chi connectivity index (χ4n) is 1.81. The first kappa shape index (κ1) is 16.7. The molecule has 1 aromatic rings. The van der Waals surface area contributed by atoms with Crippen LogP contribution in [0.3, 0.4) is 0 Å². The number of esters is 1. The molecule has 1 rings (SSSR count). The quantitative estimate of drug-likeness (QED) is 0.436. The summed E-state index contributed by atoms with van der Waals surface area (Å²) in [5, 5.41) is 10.8. The van der Waals surface area contributed by atoms with E-state index in [2.05, 4.69) is 4.74 Å². The van der Waals surface area contributed by atoms with Crippen LogP contribution in [0.4, 0.5) is 15.8 Å². The molecule has 0 aliphatic heterocycles. The molecule has 0 amide bonds. The van der Waals surface area contributed by atoms with Crippen LogP contribution in [0.25, 0.3) is 0 Å². The van der Waals surface area contributed by atoms with Crippen molar-refractivity contribution in [3.05, 3.63) is 28.1 Å². The smallest absolute Gasteiger partial charge is 0.313 e. The van der Waals surface area contributed by atoms with Gasteiger partial charge in [-0.05, 0) is 6.42 Å². The standard InChI is InChI=1S/C13H17FN2O5/c1-15(6-4-5-13(17)21-3)10-8-12(20-2)11(16(18)19)7-9(10)14/h7-8H,4-6H2,1-3H3. The molecule has 21 heavy (non-hydrogen) atoms. The number of hydrogen-bond acceptors (Lipinski definition) is 6. The summed E-state index contributed by atoms with van der Waals surface area (Å²) in [7, 11) is 4.20. The van der Waals surface area contributed by atoms with Gasteiger partial charge in [-0.15, -0.1) is 0 Å². The van der Waals surface area contributed by atoms with Crippen molar-refractivity contribution in [2.45, 2.75) is 12.8 Å². The average Bonchev–Trinajstić information content (AvgIpc) is 2.46. The fraction of sp³-hybridized carbons (Fsp3) is 0.462. The first-order chi connectivity index (χ1) is 9.90. The summed E-state index contributed by atoms with van der Waals surface area (Å²) in [6.45, 7) is 0.396. The molecule has 0 atom stereocenters. The minimum Gasteiger partial charge on any atom is -0.490 e. The van der Waals surface area contributed by atoms with Crippen molar-refractivity contribution in [3.8, 4) is 5.75 Å². The maximum absolute atomic E-state index is 13.9. The molecule has 116 valence electrons. The summed E-state index contributed by atoms with van der Waals surface area (Å²) in [5.41, 5.74) is -0.260. The highest BCUT2D eigenvalue weighted by Crippen LogP contribution is 2.33. The zero-order valence-corrected chi connectivity index (χ0v) is 12.1. The molecule has 8 heteroatoms. The number of carbonyl (C=O) groups is 1. The van der Waals surface area contributed by atoms with Gasteiger partial charge >= 0.3 is 11.7 Å². The Labute approximate surface area is 121 Å². The van der Waals surface area contributed by atoms with Crippen LogP contribution in [0.2, 0.25) is 0 Å². The Morgan fingerprint density at radius 1 is 1.43 bits per heavy atom. The molecule has 0 bridgehead atoms. The summed E-state index contributed by atoms with van der Waals surface area (Å²) < 4.78 is 23.4. The van der Waals surface area contributed by atoms with Gasteiger partial charge in [0.15, 0.2) is 11.6 Å². The van der Waals surface area contributed by atoms with Crippen molar-refractivity contribution in [2.75, 3.05) is 32.7 Å². The monoisotopic (exact) mass is 300 g/mol. The molecular formula is C13H17FN2O5. The summed E-state index contributed by atoms with van der Waals surface area (Å²) in [6.07, 6.45) is 0.689. The average molecular weight is 300 g/mol. The Hall–Kier alpha value is -2.38. The summed E-state index contributed by atoms with van der Waals surface area (Å²) >= 11 is 0. The molecule has 0 heterocycles. The normalized spacial score (nSPS) is 10.1. The molecule has 0 aliphatic rings. The second-order valence-corrected chi connectivity index (χ2v) is 4.33. The maximum Gasteiger partial charge on any atom is 0.313 e. The van der Waals surface area contributed by atoms with E-state index < -0.39 is 16.4 Å². The van der Waals surface area contributed by atoms with Crippen molar-refractivity contribution in [3.63, 3.8) is 0 Å². The zero-order chi connectivity index (χ0) is 16.0. The van der Waals surface area contributed by atoms with Crippen molar-refractivity contribution in [1.29, 1.82) is 0 Å². The van der Waals surface area contributed by atoms with E-state index in [4.69, 9.17) is 4.74 Å². The summed E-state index contributed by atoms with van der Waals surface area (Å²) in [6, 6.07) is 2.09. The second kappa shape index (κ2) is 7.41. The van der Waals surface area contributed by atoms with Crippen LogP contribution < -0.4 is 9.64 Å². The maximum atomic E-state index is 13.9. The number of benzene rings is 1. The van der Waals surface area contributed by atoms with Gasteiger partial charge in [-0.3, -0.25) is 14.9 Å². The second-order valence-electron chi connectivity index (χ2n) is 4.33. The molecule has 1 aromatic carbocycles. The Kier molecular flexibility index (Phi) is 5.89. The minimum absolute atomic E-state index is 0.0174. The fourth-order valence-corrected chi connectivity index (χ4v) is 1.81. The largest absolute Gasteiger partial charge is 0.490 e. The number of nitrogens with zero attached hydrogens (tertiary/aromatic N) is 2. The minimum atomic E-state index is -0.719. The Bertz CT molecular complexity index is 536. The third-order valence-electron chi connectivity index (χ3n) is 2.96. The molecule has 0 unspecified atom stereocenters. The van der Waals surface area contributed by atoms with E-state index in [1.165, 1.54) is 20.3 Å². The van der Waals surface area contributed by atoms with E-state index in [-0.39, 0.29) is 23.8 Å². The van der Waals surface area contributed by atoms with Crippen LogP contribution >= 0.6 is 0 Å². The Morgan fingerprint density at radius 3 is 2.62 bits per heavy atom. The number of carbonyl (C=O) groups excluding carboxylic acids is 1. The van der Waals surface area contributed by atoms with Gasteiger partial charge in [-0.1, -0.05) is 0 Å². The first-order valence-corrected chi connectivity index (χ1v) is 6.20. The lowest BCUT2D eigenvalue weighted by atomic mass is 10.2. The van der Waals surface area contributed by atoms with Crippen molar-refractivity contribution < 1.29 is 23.6 Å². The number of nitro benzene ring substituents is 1. The molecule has 7 nitrogen and oxygen atoms in total. The van der Waals surface area contributed by atoms with Gasteiger partial charge in [0.1, 0.15) is 0 Å². The number of methoxy groups -OCH3 is 2. The Balaban J connectivity index is 2.87. The molecule has 0 aromatic heterocycles. The van der Waals surface area contributed by atoms with Gasteiger partial charge in [-0.25, -0.2) is 4.39 Å². The van der Waals surface area contributed by atoms with Crippen LogP contribution in [-0.2, 0) is 9.53 Å². The number of rotatable bonds is 7. The molecule has 0 radical (unpaired) electrons. The van der Waals surface area contributed by atoms with E-state index in [0.717, 1.165) is 6.07 Å². The highest BCUT2D eigenvalue weighted by molar-refractivity contribution is 5.69. The zero-order valence-electron chi connectivity index (χ0n) is 12.1. The highest BCUT2D eigenvalue weighted by Gasteiger charge is 2.20. The van der Waals surface area contributed by atoms with E-state index in [9.17, 15) is 19.3 Å². The summed E-state index contributed by atoms with van der Waals surface area (Å²) in [4.78, 5) is 22.6. The molecule has 0 spiro atoms. The van der Waals surface area contributed by atoms with Crippen molar-refractivity contribution in [1.82, 2.24) is 0 Å². The van der Waals surface area contributed by atoms with Gasteiger partial charge in [0.25, 0.3) is 0 Å². The number of anilines is 1. The van der Waals surface area contributed by atoms with E-state index in [0.29, 0.717) is 13.0 Å². The molecule has 0 saturated heterocycles. The van der Waals surface area contributed by atoms with Gasteiger partial charge in [0.2, 0.25) is 0 Å². The first-order valence-electron chi connectivity index (χ1n) is 6.20. The highest BCUT2D eigenvalue weighted by atomic mass is 19.1. The number of nitro groups is 1. The molecule has 0 aliphatic carbocycles. The SMILES string of the molecule is COC(=O)CCCN(C)c1cc(OC)c([N+](=O)[O-])cc1F. The Morgan fingerprint density at radius 2 is 2.10 bits per heavy atom. The lowest BCUT2D eigenvalue weighted by Crippen LogP contribution is -2.21. The molecule has 0 fully saturated rings. The van der Waals surface area contributed by atoms with E-state index >= 15 is 0 Å². The van der Waals surface area contributed by atoms with Gasteiger partial charge in [-0.2, -0.15) is 0 Å². The third kappa shape index (κ3) is 4.30. The van der Waals surface area contributed by atoms with Gasteiger partial charge in [0, 0.05) is 26.1 Å². The third-order valence-corrected chi connectivity index (χ3v) is 2.96. The predicted octanol–water partition coefficient (Wildman–Crippen LogP) is 2.13. The molecule has 0 N–H and O–H groups in total. The number of halogens is 1. The molecule has 0 saturated carbocycles. The van der Waals surface area contributed by atoms with E-state index in [1.807, 2.05) is 0 Å². The van der Waals surface area contributed by atoms with Crippen LogP contribution in [0.15, 0.2) is 12.1 Å². The topological polar surface area (TPSA) is 81.9 Å². The van der Waals surface area contributed by atoms with Crippen molar-refractivity contribution in [2.24, 2.45) is 0 Å². The van der Waals surface area contributed by atoms with Gasteiger partial charge < -0.3 is 14.4 Å². The van der Waals surface area contributed by atoms with Crippen LogP contribution in [0.1, 0.15) is 12.8 Å². The lowest BCUT2D eigenvalue weighted by Gasteiger charge is -2.20. The van der Waals surface area contributed by atoms with Crippen LogP contribution in [0.5, 0.6) is 5.75 Å². The predicted molar refractivity (Wildman–Crippen MR) is 74.1 cm³/mol. The van der Waals surface area contributed by atoms with E-state index in [1.54, 1.807) is 11.9 Å². The number of ether oxygens (including phenoxy) is 2. The van der Waals surface area contributed by atoms with Crippen LogP contribution in [0, 0.1) is 15.9 Å². The lowest BCUT2D eigenvalue weighted by molar-refractivity contribution is -0.385. The molecular weight excluding hydrogens is 283 g/mol. The van der Waals surface area contributed by atoms with Crippen LogP contribution in [-0.4, -0.2) is 38.7 Å². The summed E-state index contributed by atoms with van der Waals surface area (Å²) in [5.74, 6) is -1.08. The van der Waals surface area contributed by atoms with Crippen molar-refractivity contribution >= 4 is 17.3 Å². The van der Waals surface area contributed by atoms with Gasteiger partial charge in [0.05, 0.1) is 30.9 Å². The number of hydrogen-bond donors (Lipinski definition) is 0.